The maximum atomic E-state index is 6.15. The van der Waals surface area contributed by atoms with Gasteiger partial charge in [-0.2, -0.15) is 4.98 Å². The summed E-state index contributed by atoms with van der Waals surface area (Å²) >= 11 is 1.25. The van der Waals surface area contributed by atoms with Crippen molar-refractivity contribution in [2.75, 3.05) is 13.2 Å². The molecule has 7 nitrogen and oxygen atoms in total. The molecule has 0 aliphatic heterocycles. The standard InChI is InChI=1S/C12H19N5O2S/c1-4-6-8-9(20-17-15-8)10-14-11(16-19-10)12(3,13)7-18-5-2/h4-7,13H2,1-3H3. The summed E-state index contributed by atoms with van der Waals surface area (Å²) in [6.45, 7) is 6.75. The first-order valence-electron chi connectivity index (χ1n) is 6.61. The second kappa shape index (κ2) is 6.38. The lowest BCUT2D eigenvalue weighted by atomic mass is 10.1. The molecule has 20 heavy (non-hydrogen) atoms. The Hall–Kier alpha value is -1.38. The van der Waals surface area contributed by atoms with Gasteiger partial charge in [0.1, 0.15) is 10.4 Å². The van der Waals surface area contributed by atoms with Crippen LogP contribution in [0.25, 0.3) is 10.8 Å². The Morgan fingerprint density at radius 1 is 1.40 bits per heavy atom. The molecular weight excluding hydrogens is 278 g/mol. The van der Waals surface area contributed by atoms with Crippen LogP contribution >= 0.6 is 11.5 Å². The van der Waals surface area contributed by atoms with Crippen LogP contribution in [0.1, 0.15) is 38.7 Å². The van der Waals surface area contributed by atoms with Crippen LogP contribution in [0.15, 0.2) is 4.52 Å². The highest BCUT2D eigenvalue weighted by Crippen LogP contribution is 2.27. The Morgan fingerprint density at radius 3 is 2.90 bits per heavy atom. The largest absolute Gasteiger partial charge is 0.379 e. The van der Waals surface area contributed by atoms with Crippen LogP contribution in [-0.2, 0) is 16.7 Å². The van der Waals surface area contributed by atoms with Gasteiger partial charge in [-0.05, 0) is 31.8 Å². The van der Waals surface area contributed by atoms with Gasteiger partial charge >= 0.3 is 0 Å². The first-order chi connectivity index (χ1) is 9.58. The Labute approximate surface area is 121 Å². The van der Waals surface area contributed by atoms with E-state index in [1.165, 1.54) is 11.5 Å². The van der Waals surface area contributed by atoms with E-state index in [2.05, 4.69) is 26.7 Å². The third kappa shape index (κ3) is 3.20. The first-order valence-corrected chi connectivity index (χ1v) is 7.38. The summed E-state index contributed by atoms with van der Waals surface area (Å²) in [6.07, 6.45) is 1.82. The van der Waals surface area contributed by atoms with E-state index >= 15 is 0 Å². The minimum Gasteiger partial charge on any atom is -0.379 e. The van der Waals surface area contributed by atoms with E-state index in [1.807, 2.05) is 13.8 Å². The molecule has 1 atom stereocenters. The molecule has 0 aliphatic carbocycles. The van der Waals surface area contributed by atoms with E-state index in [4.69, 9.17) is 15.0 Å². The quantitative estimate of drug-likeness (QED) is 0.830. The van der Waals surface area contributed by atoms with E-state index in [9.17, 15) is 0 Å². The lowest BCUT2D eigenvalue weighted by Gasteiger charge is -2.19. The number of hydrogen-bond donors (Lipinski definition) is 1. The molecule has 2 heterocycles. The SMILES string of the molecule is CCCc1nnsc1-c1nc(C(C)(N)COCC)no1. The van der Waals surface area contributed by atoms with E-state index in [0.29, 0.717) is 24.9 Å². The van der Waals surface area contributed by atoms with Gasteiger partial charge in [0.25, 0.3) is 5.89 Å². The molecule has 0 saturated carbocycles. The van der Waals surface area contributed by atoms with E-state index in [-0.39, 0.29) is 0 Å². The average Bonchev–Trinajstić information content (AvgIpc) is 3.05. The van der Waals surface area contributed by atoms with Crippen LogP contribution in [0, 0.1) is 0 Å². The number of rotatable bonds is 7. The Morgan fingerprint density at radius 2 is 2.20 bits per heavy atom. The van der Waals surface area contributed by atoms with Gasteiger partial charge in [0.05, 0.1) is 12.3 Å². The summed E-state index contributed by atoms with van der Waals surface area (Å²) in [5.74, 6) is 0.850. The van der Waals surface area contributed by atoms with Crippen molar-refractivity contribution in [3.8, 4) is 10.8 Å². The Balaban J connectivity index is 2.22. The van der Waals surface area contributed by atoms with Gasteiger partial charge in [0.15, 0.2) is 5.82 Å². The van der Waals surface area contributed by atoms with Crippen LogP contribution < -0.4 is 5.73 Å². The monoisotopic (exact) mass is 297 g/mol. The molecule has 8 heteroatoms. The van der Waals surface area contributed by atoms with Crippen LogP contribution in [-0.4, -0.2) is 32.9 Å². The first kappa shape index (κ1) is 15.0. The van der Waals surface area contributed by atoms with Crippen LogP contribution in [0.2, 0.25) is 0 Å². The predicted octanol–water partition coefficient (Wildman–Crippen LogP) is 1.75. The summed E-state index contributed by atoms with van der Waals surface area (Å²) in [6, 6.07) is 0. The van der Waals surface area contributed by atoms with Gasteiger partial charge < -0.3 is 15.0 Å². The maximum absolute atomic E-state index is 6.15. The molecule has 0 saturated heterocycles. The van der Waals surface area contributed by atoms with Gasteiger partial charge in [0, 0.05) is 6.61 Å². The van der Waals surface area contributed by atoms with Crippen molar-refractivity contribution < 1.29 is 9.26 Å². The highest BCUT2D eigenvalue weighted by atomic mass is 32.1. The molecule has 1 unspecified atom stereocenters. The zero-order valence-corrected chi connectivity index (χ0v) is 12.7. The fourth-order valence-corrected chi connectivity index (χ4v) is 2.33. The molecule has 110 valence electrons. The van der Waals surface area contributed by atoms with Crippen LogP contribution in [0.3, 0.4) is 0 Å². The molecule has 2 N–H and O–H groups in total. The van der Waals surface area contributed by atoms with E-state index in [1.54, 1.807) is 0 Å². The van der Waals surface area contributed by atoms with Crippen molar-refractivity contribution in [1.29, 1.82) is 0 Å². The number of ether oxygens (including phenoxy) is 1. The summed E-state index contributed by atoms with van der Waals surface area (Å²) < 4.78 is 14.6. The smallest absolute Gasteiger partial charge is 0.271 e. The molecule has 0 fully saturated rings. The molecule has 0 radical (unpaired) electrons. The van der Waals surface area contributed by atoms with Gasteiger partial charge in [0.2, 0.25) is 0 Å². The average molecular weight is 297 g/mol. The zero-order valence-electron chi connectivity index (χ0n) is 11.9. The highest BCUT2D eigenvalue weighted by molar-refractivity contribution is 7.09. The van der Waals surface area contributed by atoms with Crippen LogP contribution in [0.5, 0.6) is 0 Å². The molecule has 2 aromatic heterocycles. The summed E-state index contributed by atoms with van der Waals surface area (Å²) in [4.78, 5) is 5.19. The van der Waals surface area contributed by atoms with Crippen molar-refractivity contribution in [3.05, 3.63) is 11.5 Å². The zero-order chi connectivity index (χ0) is 14.6. The molecule has 0 spiro atoms. The lowest BCUT2D eigenvalue weighted by molar-refractivity contribution is 0.0962. The van der Waals surface area contributed by atoms with Gasteiger partial charge in [-0.3, -0.25) is 0 Å². The lowest BCUT2D eigenvalue weighted by Crippen LogP contribution is -2.39. The molecule has 0 aliphatic rings. The normalized spacial score (nSPS) is 14.4. The minimum atomic E-state index is -0.777. The van der Waals surface area contributed by atoms with Crippen molar-refractivity contribution in [2.45, 2.75) is 39.2 Å². The second-order valence-electron chi connectivity index (χ2n) is 4.78. The van der Waals surface area contributed by atoms with Crippen molar-refractivity contribution in [1.82, 2.24) is 19.7 Å². The van der Waals surface area contributed by atoms with Gasteiger partial charge in [-0.25, -0.2) is 0 Å². The summed E-state index contributed by atoms with van der Waals surface area (Å²) in [7, 11) is 0. The van der Waals surface area contributed by atoms with Crippen LogP contribution in [0.4, 0.5) is 0 Å². The fourth-order valence-electron chi connectivity index (χ4n) is 1.70. The molecule has 0 bridgehead atoms. The molecule has 2 aromatic rings. The molecule has 0 aromatic carbocycles. The topological polar surface area (TPSA) is 100.0 Å². The van der Waals surface area contributed by atoms with Gasteiger partial charge in [-0.15, -0.1) is 5.10 Å². The predicted molar refractivity (Wildman–Crippen MR) is 75.2 cm³/mol. The summed E-state index contributed by atoms with van der Waals surface area (Å²) in [5, 5.41) is 8.05. The third-order valence-electron chi connectivity index (χ3n) is 2.78. The minimum absolute atomic E-state index is 0.339. The molecule has 0 amide bonds. The van der Waals surface area contributed by atoms with Crippen molar-refractivity contribution >= 4 is 11.5 Å². The van der Waals surface area contributed by atoms with Crippen molar-refractivity contribution in [3.63, 3.8) is 0 Å². The number of hydrogen-bond acceptors (Lipinski definition) is 8. The maximum Gasteiger partial charge on any atom is 0.271 e. The highest BCUT2D eigenvalue weighted by Gasteiger charge is 2.29. The Kier molecular flexibility index (Phi) is 4.79. The number of nitrogens with two attached hydrogens (primary N) is 1. The van der Waals surface area contributed by atoms with Gasteiger partial charge in [-0.1, -0.05) is 23.0 Å². The van der Waals surface area contributed by atoms with E-state index < -0.39 is 5.54 Å². The van der Waals surface area contributed by atoms with Crippen molar-refractivity contribution in [2.24, 2.45) is 5.73 Å². The Bertz CT molecular complexity index is 552. The second-order valence-corrected chi connectivity index (χ2v) is 5.53. The number of aryl methyl sites for hydroxylation is 1. The number of aromatic nitrogens is 4. The molecule has 2 rings (SSSR count). The third-order valence-corrected chi connectivity index (χ3v) is 3.54. The van der Waals surface area contributed by atoms with E-state index in [0.717, 1.165) is 23.4 Å². The number of nitrogens with zero attached hydrogens (tertiary/aromatic N) is 4. The summed E-state index contributed by atoms with van der Waals surface area (Å²) in [5.41, 5.74) is 6.26. The molecular formula is C12H19N5O2S. The fraction of sp³-hybridized carbons (Fsp3) is 0.667.